The second-order valence-corrected chi connectivity index (χ2v) is 1.61. The SMILES string of the molecule is COc1ccc(C(=O)[O-])o1. The summed E-state index contributed by atoms with van der Waals surface area (Å²) in [5.74, 6) is -1.40. The predicted octanol–water partition coefficient (Wildman–Crippen LogP) is -0.348. The molecule has 0 fully saturated rings. The first-order chi connectivity index (χ1) is 4.74. The molecule has 0 spiro atoms. The zero-order valence-electron chi connectivity index (χ0n) is 5.29. The van der Waals surface area contributed by atoms with E-state index in [1.165, 1.54) is 19.2 Å². The number of methoxy groups -OCH3 is 1. The fourth-order valence-electron chi connectivity index (χ4n) is 0.540. The van der Waals surface area contributed by atoms with Crippen LogP contribution in [0.25, 0.3) is 0 Å². The van der Waals surface area contributed by atoms with E-state index in [0.29, 0.717) is 0 Å². The van der Waals surface area contributed by atoms with Crippen LogP contribution in [0.2, 0.25) is 0 Å². The van der Waals surface area contributed by atoms with Gasteiger partial charge < -0.3 is 19.1 Å². The molecule has 0 aliphatic carbocycles. The monoisotopic (exact) mass is 141 g/mol. The molecule has 0 atom stereocenters. The van der Waals surface area contributed by atoms with Crippen LogP contribution < -0.4 is 9.84 Å². The highest BCUT2D eigenvalue weighted by Crippen LogP contribution is 2.13. The Balaban J connectivity index is 2.88. The van der Waals surface area contributed by atoms with Gasteiger partial charge in [0, 0.05) is 6.07 Å². The number of aromatic carboxylic acids is 1. The highest BCUT2D eigenvalue weighted by atomic mass is 16.6. The average molecular weight is 141 g/mol. The van der Waals surface area contributed by atoms with Gasteiger partial charge in [-0.1, -0.05) is 0 Å². The lowest BCUT2D eigenvalue weighted by molar-refractivity contribution is -0.257. The molecular formula is C6H5O4-. The van der Waals surface area contributed by atoms with Crippen molar-refractivity contribution < 1.29 is 19.1 Å². The van der Waals surface area contributed by atoms with Crippen LogP contribution in [0.1, 0.15) is 10.6 Å². The van der Waals surface area contributed by atoms with Crippen molar-refractivity contribution in [2.24, 2.45) is 0 Å². The number of hydrogen-bond acceptors (Lipinski definition) is 4. The van der Waals surface area contributed by atoms with Gasteiger partial charge >= 0.3 is 0 Å². The summed E-state index contributed by atoms with van der Waals surface area (Å²) < 4.78 is 9.20. The van der Waals surface area contributed by atoms with E-state index >= 15 is 0 Å². The summed E-state index contributed by atoms with van der Waals surface area (Å²) in [5, 5.41) is 10.1. The van der Waals surface area contributed by atoms with Crippen LogP contribution >= 0.6 is 0 Å². The number of carbonyl (C=O) groups is 1. The molecule has 4 nitrogen and oxygen atoms in total. The Morgan fingerprint density at radius 2 is 2.40 bits per heavy atom. The van der Waals surface area contributed by atoms with E-state index in [1.54, 1.807) is 0 Å². The molecule has 0 bridgehead atoms. The Morgan fingerprint density at radius 1 is 1.70 bits per heavy atom. The van der Waals surface area contributed by atoms with Gasteiger partial charge in [-0.15, -0.1) is 0 Å². The summed E-state index contributed by atoms with van der Waals surface area (Å²) in [6.07, 6.45) is 0. The van der Waals surface area contributed by atoms with Crippen molar-refractivity contribution in [2.75, 3.05) is 7.11 Å². The molecule has 4 heteroatoms. The summed E-state index contributed by atoms with van der Waals surface area (Å²) >= 11 is 0. The normalized spacial score (nSPS) is 9.30. The van der Waals surface area contributed by atoms with E-state index in [4.69, 9.17) is 0 Å². The van der Waals surface area contributed by atoms with Crippen molar-refractivity contribution in [3.8, 4) is 5.95 Å². The van der Waals surface area contributed by atoms with Gasteiger partial charge in [0.15, 0.2) is 5.76 Å². The molecule has 0 saturated carbocycles. The Hall–Kier alpha value is -1.45. The van der Waals surface area contributed by atoms with Crippen LogP contribution in [-0.4, -0.2) is 13.1 Å². The van der Waals surface area contributed by atoms with E-state index in [1.807, 2.05) is 0 Å². The van der Waals surface area contributed by atoms with E-state index in [-0.39, 0.29) is 11.7 Å². The standard InChI is InChI=1S/C6H6O4/c1-9-5-3-2-4(10-5)6(7)8/h2-3H,1H3,(H,7,8)/p-1. The third kappa shape index (κ3) is 1.10. The Morgan fingerprint density at radius 3 is 2.70 bits per heavy atom. The maximum Gasteiger partial charge on any atom is 0.284 e. The van der Waals surface area contributed by atoms with Crippen molar-refractivity contribution in [3.63, 3.8) is 0 Å². The number of carbonyl (C=O) groups excluding carboxylic acids is 1. The minimum absolute atomic E-state index is 0.166. The van der Waals surface area contributed by atoms with Gasteiger partial charge in [0.1, 0.15) is 5.97 Å². The maximum atomic E-state index is 10.1. The Kier molecular flexibility index (Phi) is 1.62. The van der Waals surface area contributed by atoms with Crippen LogP contribution in [0.3, 0.4) is 0 Å². The minimum atomic E-state index is -1.34. The van der Waals surface area contributed by atoms with Gasteiger partial charge in [-0.2, -0.15) is 0 Å². The van der Waals surface area contributed by atoms with Crippen molar-refractivity contribution in [3.05, 3.63) is 17.9 Å². The van der Waals surface area contributed by atoms with Crippen LogP contribution in [0, 0.1) is 0 Å². The van der Waals surface area contributed by atoms with Crippen molar-refractivity contribution in [1.82, 2.24) is 0 Å². The lowest BCUT2D eigenvalue weighted by Crippen LogP contribution is -2.21. The molecule has 0 unspecified atom stereocenters. The van der Waals surface area contributed by atoms with Crippen molar-refractivity contribution in [1.29, 1.82) is 0 Å². The van der Waals surface area contributed by atoms with Gasteiger partial charge in [-0.3, -0.25) is 0 Å². The molecule has 0 saturated heterocycles. The number of rotatable bonds is 2. The largest absolute Gasteiger partial charge is 0.542 e. The number of carboxylic acid groups (broad SMARTS) is 1. The molecule has 0 aliphatic rings. The Labute approximate surface area is 57.0 Å². The lowest BCUT2D eigenvalue weighted by atomic mass is 10.5. The first-order valence-corrected chi connectivity index (χ1v) is 2.59. The van der Waals surface area contributed by atoms with E-state index < -0.39 is 5.97 Å². The first-order valence-electron chi connectivity index (χ1n) is 2.59. The third-order valence-corrected chi connectivity index (χ3v) is 0.984. The van der Waals surface area contributed by atoms with Gasteiger partial charge in [0.25, 0.3) is 5.95 Å². The third-order valence-electron chi connectivity index (χ3n) is 0.984. The van der Waals surface area contributed by atoms with Crippen LogP contribution in [0.4, 0.5) is 0 Å². The molecule has 54 valence electrons. The zero-order chi connectivity index (χ0) is 7.56. The number of furan rings is 1. The van der Waals surface area contributed by atoms with Gasteiger partial charge in [-0.05, 0) is 6.07 Å². The summed E-state index contributed by atoms with van der Waals surface area (Å²) in [6.45, 7) is 0. The van der Waals surface area contributed by atoms with Crippen LogP contribution in [-0.2, 0) is 0 Å². The van der Waals surface area contributed by atoms with Gasteiger partial charge in [-0.25, -0.2) is 0 Å². The zero-order valence-corrected chi connectivity index (χ0v) is 5.29. The maximum absolute atomic E-state index is 10.1. The number of hydrogen-bond donors (Lipinski definition) is 0. The summed E-state index contributed by atoms with van der Waals surface area (Å²) in [4.78, 5) is 10.1. The number of ether oxygens (including phenoxy) is 1. The molecule has 1 aromatic rings. The molecule has 1 rings (SSSR count). The topological polar surface area (TPSA) is 62.5 Å². The lowest BCUT2D eigenvalue weighted by Gasteiger charge is -1.94. The number of carboxylic acids is 1. The van der Waals surface area contributed by atoms with Gasteiger partial charge in [0.2, 0.25) is 0 Å². The molecule has 0 aromatic carbocycles. The van der Waals surface area contributed by atoms with E-state index in [2.05, 4.69) is 9.15 Å². The molecule has 1 aromatic heterocycles. The molecule has 1 heterocycles. The second kappa shape index (κ2) is 2.43. The summed E-state index contributed by atoms with van der Waals surface area (Å²) in [6, 6.07) is 2.68. The van der Waals surface area contributed by atoms with E-state index in [9.17, 15) is 9.90 Å². The van der Waals surface area contributed by atoms with E-state index in [0.717, 1.165) is 0 Å². The highest BCUT2D eigenvalue weighted by molar-refractivity contribution is 5.82. The Bertz CT molecular complexity index is 238. The summed E-state index contributed by atoms with van der Waals surface area (Å²) in [5.41, 5.74) is 0. The molecule has 0 amide bonds. The summed E-state index contributed by atoms with van der Waals surface area (Å²) in [7, 11) is 1.39. The van der Waals surface area contributed by atoms with Crippen molar-refractivity contribution >= 4 is 5.97 Å². The molecule has 0 radical (unpaired) electrons. The van der Waals surface area contributed by atoms with Crippen molar-refractivity contribution in [2.45, 2.75) is 0 Å². The predicted molar refractivity (Wildman–Crippen MR) is 29.6 cm³/mol. The first kappa shape index (κ1) is 6.67. The van der Waals surface area contributed by atoms with Crippen LogP contribution in [0.5, 0.6) is 5.95 Å². The molecular weight excluding hydrogens is 136 g/mol. The van der Waals surface area contributed by atoms with Gasteiger partial charge in [0.05, 0.1) is 7.11 Å². The molecule has 0 aliphatic heterocycles. The molecule has 10 heavy (non-hydrogen) atoms. The average Bonchev–Trinajstić information content (AvgIpc) is 2.34. The smallest absolute Gasteiger partial charge is 0.284 e. The van der Waals surface area contributed by atoms with Crippen LogP contribution in [0.15, 0.2) is 16.5 Å². The quantitative estimate of drug-likeness (QED) is 0.564. The molecule has 0 N–H and O–H groups in total. The minimum Gasteiger partial charge on any atom is -0.542 e. The highest BCUT2D eigenvalue weighted by Gasteiger charge is 2.00. The second-order valence-electron chi connectivity index (χ2n) is 1.61. The fraction of sp³-hybridized carbons (Fsp3) is 0.167. The fourth-order valence-corrected chi connectivity index (χ4v) is 0.540.